The van der Waals surface area contributed by atoms with Gasteiger partial charge in [-0.1, -0.05) is 19.9 Å². The van der Waals surface area contributed by atoms with Gasteiger partial charge < -0.3 is 0 Å². The fraction of sp³-hybridized carbons (Fsp3) is 0.727. The first-order valence-electron chi connectivity index (χ1n) is 10.1. The number of rotatable bonds is 4. The molecule has 1 aromatic rings. The van der Waals surface area contributed by atoms with Crippen molar-refractivity contribution in [1.29, 1.82) is 0 Å². The largest absolute Gasteiger partial charge is 0.165 e. The first-order chi connectivity index (χ1) is 12.1. The van der Waals surface area contributed by atoms with Crippen LogP contribution >= 0.6 is 11.8 Å². The van der Waals surface area contributed by atoms with Gasteiger partial charge in [-0.15, -0.1) is 4.91 Å². The standard InChI is InChI=1S/C22H31NOS/c1-4-14-11-19-15(12-21(14)23-24)5-7-18-17(19)9-10-22(2)16(13-25-3)6-8-20(18)22/h11-12,16-18,20H,4-10,13H2,1-3H3/t16?,17?,18-,20?,22?/m1/s1. The van der Waals surface area contributed by atoms with Gasteiger partial charge >= 0.3 is 0 Å². The lowest BCUT2D eigenvalue weighted by Gasteiger charge is -2.51. The number of fused-ring (bicyclic) bond motifs is 5. The maximum atomic E-state index is 11.2. The molecule has 0 aromatic heterocycles. The fourth-order valence-corrected chi connectivity index (χ4v) is 7.56. The van der Waals surface area contributed by atoms with Crippen molar-refractivity contribution < 1.29 is 0 Å². The molecule has 0 N–H and O–H groups in total. The highest BCUT2D eigenvalue weighted by Crippen LogP contribution is 2.63. The first-order valence-corrected chi connectivity index (χ1v) is 11.5. The third kappa shape index (κ3) is 2.69. The molecule has 2 nitrogen and oxygen atoms in total. The number of nitrogens with zero attached hydrogens (tertiary/aromatic N) is 1. The Hall–Kier alpha value is -0.830. The van der Waals surface area contributed by atoms with E-state index in [1.165, 1.54) is 43.4 Å². The van der Waals surface area contributed by atoms with Crippen LogP contribution in [0.2, 0.25) is 0 Å². The van der Waals surface area contributed by atoms with Crippen molar-refractivity contribution in [2.24, 2.45) is 28.3 Å². The van der Waals surface area contributed by atoms with Crippen molar-refractivity contribution in [2.45, 2.75) is 64.7 Å². The van der Waals surface area contributed by atoms with E-state index in [4.69, 9.17) is 0 Å². The Labute approximate surface area is 156 Å². The third-order valence-electron chi connectivity index (χ3n) is 7.97. The van der Waals surface area contributed by atoms with Crippen LogP contribution in [-0.4, -0.2) is 12.0 Å². The zero-order chi connectivity index (χ0) is 17.6. The molecule has 0 heterocycles. The zero-order valence-corrected chi connectivity index (χ0v) is 16.7. The summed E-state index contributed by atoms with van der Waals surface area (Å²) < 4.78 is 0. The van der Waals surface area contributed by atoms with Gasteiger partial charge in [-0.3, -0.25) is 0 Å². The van der Waals surface area contributed by atoms with E-state index in [2.05, 4.69) is 37.4 Å². The predicted molar refractivity (Wildman–Crippen MR) is 108 cm³/mol. The normalized spacial score (nSPS) is 36.4. The number of aryl methyl sites for hydroxylation is 2. The molecule has 0 aliphatic heterocycles. The van der Waals surface area contributed by atoms with Crippen LogP contribution in [0.25, 0.3) is 0 Å². The summed E-state index contributed by atoms with van der Waals surface area (Å²) in [7, 11) is 0. The predicted octanol–water partition coefficient (Wildman–Crippen LogP) is 6.48. The molecule has 0 spiro atoms. The average Bonchev–Trinajstić information content (AvgIpc) is 2.97. The molecule has 136 valence electrons. The molecule has 0 saturated heterocycles. The van der Waals surface area contributed by atoms with Gasteiger partial charge in [0.25, 0.3) is 0 Å². The highest BCUT2D eigenvalue weighted by Gasteiger charge is 2.54. The van der Waals surface area contributed by atoms with Gasteiger partial charge in [0, 0.05) is 0 Å². The maximum absolute atomic E-state index is 11.2. The van der Waals surface area contributed by atoms with E-state index < -0.39 is 0 Å². The summed E-state index contributed by atoms with van der Waals surface area (Å²) in [5, 5.41) is 3.30. The molecule has 3 aliphatic rings. The van der Waals surface area contributed by atoms with Crippen LogP contribution in [0.4, 0.5) is 5.69 Å². The Balaban J connectivity index is 1.67. The number of thioether (sulfide) groups is 1. The Morgan fingerprint density at radius 2 is 2.08 bits per heavy atom. The summed E-state index contributed by atoms with van der Waals surface area (Å²) in [5.74, 6) is 4.75. The van der Waals surface area contributed by atoms with E-state index in [9.17, 15) is 4.91 Å². The lowest BCUT2D eigenvalue weighted by atomic mass is 9.54. The van der Waals surface area contributed by atoms with Gasteiger partial charge in [-0.05, 0) is 114 Å². The number of hydrogen-bond acceptors (Lipinski definition) is 3. The smallest absolute Gasteiger partial charge is 0.111 e. The van der Waals surface area contributed by atoms with Gasteiger partial charge in [-0.2, -0.15) is 11.8 Å². The van der Waals surface area contributed by atoms with Gasteiger partial charge in [-0.25, -0.2) is 0 Å². The monoisotopic (exact) mass is 357 g/mol. The minimum Gasteiger partial charge on any atom is -0.165 e. The minimum atomic E-state index is 0.569. The quantitative estimate of drug-likeness (QED) is 0.577. The van der Waals surface area contributed by atoms with E-state index in [0.29, 0.717) is 11.1 Å². The Kier molecular flexibility index (Phi) is 4.72. The van der Waals surface area contributed by atoms with Gasteiger partial charge in [0.15, 0.2) is 0 Å². The van der Waals surface area contributed by atoms with Crippen LogP contribution in [0, 0.1) is 28.1 Å². The van der Waals surface area contributed by atoms with E-state index >= 15 is 0 Å². The highest BCUT2D eigenvalue weighted by atomic mass is 32.2. The number of nitroso groups, excluding NO2 is 1. The zero-order valence-electron chi connectivity index (χ0n) is 15.9. The highest BCUT2D eigenvalue weighted by molar-refractivity contribution is 7.98. The van der Waals surface area contributed by atoms with Crippen LogP contribution in [0.3, 0.4) is 0 Å². The Morgan fingerprint density at radius 1 is 1.24 bits per heavy atom. The second kappa shape index (κ2) is 6.72. The molecule has 0 radical (unpaired) electrons. The molecule has 0 bridgehead atoms. The molecule has 0 amide bonds. The Morgan fingerprint density at radius 3 is 2.80 bits per heavy atom. The molecule has 4 unspecified atom stereocenters. The molecule has 1 aromatic carbocycles. The van der Waals surface area contributed by atoms with Gasteiger partial charge in [0.05, 0.1) is 0 Å². The summed E-state index contributed by atoms with van der Waals surface area (Å²) in [6.45, 7) is 4.74. The van der Waals surface area contributed by atoms with Crippen LogP contribution in [0.1, 0.15) is 68.6 Å². The summed E-state index contributed by atoms with van der Waals surface area (Å²) in [5.41, 5.74) is 5.38. The maximum Gasteiger partial charge on any atom is 0.111 e. The van der Waals surface area contributed by atoms with E-state index in [1.54, 1.807) is 5.56 Å². The average molecular weight is 358 g/mol. The van der Waals surface area contributed by atoms with Crippen molar-refractivity contribution in [3.05, 3.63) is 33.7 Å². The van der Waals surface area contributed by atoms with Crippen molar-refractivity contribution in [3.8, 4) is 0 Å². The lowest BCUT2D eigenvalue weighted by Crippen LogP contribution is -2.42. The van der Waals surface area contributed by atoms with Crippen LogP contribution in [0.5, 0.6) is 0 Å². The van der Waals surface area contributed by atoms with Crippen molar-refractivity contribution in [2.75, 3.05) is 12.0 Å². The summed E-state index contributed by atoms with van der Waals surface area (Å²) >= 11 is 2.04. The second-order valence-electron chi connectivity index (χ2n) is 8.81. The Bertz CT molecular complexity index is 672. The topological polar surface area (TPSA) is 29.4 Å². The molecule has 3 aliphatic carbocycles. The van der Waals surface area contributed by atoms with Gasteiger partial charge in [0.2, 0.25) is 0 Å². The molecule has 3 heteroatoms. The molecular formula is C22H31NOS. The molecule has 2 fully saturated rings. The van der Waals surface area contributed by atoms with Crippen molar-refractivity contribution in [1.82, 2.24) is 0 Å². The van der Waals surface area contributed by atoms with Crippen molar-refractivity contribution in [3.63, 3.8) is 0 Å². The summed E-state index contributed by atoms with van der Waals surface area (Å²) in [6, 6.07) is 4.45. The summed E-state index contributed by atoms with van der Waals surface area (Å²) in [6.07, 6.45) is 11.2. The summed E-state index contributed by atoms with van der Waals surface area (Å²) in [4.78, 5) is 11.2. The molecule has 4 rings (SSSR count). The van der Waals surface area contributed by atoms with E-state index in [1.807, 2.05) is 11.8 Å². The first kappa shape index (κ1) is 17.6. The second-order valence-corrected chi connectivity index (χ2v) is 9.72. The number of benzene rings is 1. The van der Waals surface area contributed by atoms with Crippen LogP contribution in [0.15, 0.2) is 17.3 Å². The SMILES string of the molecule is CCc1cc2c(cc1N=O)CC[C@@H]1C2CCC2(C)C(CSC)CCC12. The molecule has 2 saturated carbocycles. The molecule has 25 heavy (non-hydrogen) atoms. The van der Waals surface area contributed by atoms with Crippen LogP contribution in [-0.2, 0) is 12.8 Å². The lowest BCUT2D eigenvalue weighted by molar-refractivity contribution is 0.0350. The molecule has 5 atom stereocenters. The van der Waals surface area contributed by atoms with Crippen molar-refractivity contribution >= 4 is 17.4 Å². The van der Waals surface area contributed by atoms with E-state index in [-0.39, 0.29) is 0 Å². The minimum absolute atomic E-state index is 0.569. The van der Waals surface area contributed by atoms with Gasteiger partial charge in [0.1, 0.15) is 5.69 Å². The number of hydrogen-bond donors (Lipinski definition) is 0. The van der Waals surface area contributed by atoms with Crippen LogP contribution < -0.4 is 0 Å². The third-order valence-corrected chi connectivity index (χ3v) is 8.70. The van der Waals surface area contributed by atoms with E-state index in [0.717, 1.165) is 42.1 Å². The fourth-order valence-electron chi connectivity index (χ4n) is 6.61. The molecular weight excluding hydrogens is 326 g/mol.